The molecular formula is C12H11NO2. The Balaban J connectivity index is 1.92. The van der Waals surface area contributed by atoms with Crippen molar-refractivity contribution in [2.75, 3.05) is 0 Å². The highest BCUT2D eigenvalue weighted by molar-refractivity contribution is 5.93. The molecule has 0 N–H and O–H groups in total. The molecule has 1 aromatic carbocycles. The van der Waals surface area contributed by atoms with E-state index >= 15 is 0 Å². The quantitative estimate of drug-likeness (QED) is 0.714. The summed E-state index contributed by atoms with van der Waals surface area (Å²) in [7, 11) is 0. The molecule has 0 saturated carbocycles. The van der Waals surface area contributed by atoms with E-state index in [2.05, 4.69) is 5.16 Å². The topological polar surface area (TPSA) is 43.1 Å². The zero-order valence-corrected chi connectivity index (χ0v) is 8.22. The molecule has 0 spiro atoms. The summed E-state index contributed by atoms with van der Waals surface area (Å²) < 4.78 is 4.78. The van der Waals surface area contributed by atoms with E-state index in [-0.39, 0.29) is 5.78 Å². The van der Waals surface area contributed by atoms with Crippen molar-refractivity contribution in [1.29, 1.82) is 0 Å². The largest absolute Gasteiger partial charge is 0.353 e. The van der Waals surface area contributed by atoms with Crippen LogP contribution in [0.3, 0.4) is 0 Å². The number of carbonyl (C=O) groups excluding carboxylic acids is 1. The van der Waals surface area contributed by atoms with Crippen molar-refractivity contribution in [3.63, 3.8) is 0 Å². The van der Waals surface area contributed by atoms with Gasteiger partial charge in [0.05, 0.1) is 6.20 Å². The molecule has 0 aliphatic rings. The van der Waals surface area contributed by atoms with Crippen LogP contribution in [-0.2, 0) is 6.42 Å². The van der Waals surface area contributed by atoms with Crippen molar-refractivity contribution in [2.24, 2.45) is 0 Å². The van der Waals surface area contributed by atoms with Crippen molar-refractivity contribution >= 4 is 5.78 Å². The lowest BCUT2D eigenvalue weighted by molar-refractivity contribution is 0.0947. The Hall–Kier alpha value is -1.90. The maximum Gasteiger partial charge on any atom is 0.202 e. The molecule has 0 bridgehead atoms. The van der Waals surface area contributed by atoms with Gasteiger partial charge in [0, 0.05) is 12.5 Å². The fourth-order valence-corrected chi connectivity index (χ4v) is 1.39. The molecule has 0 atom stereocenters. The first kappa shape index (κ1) is 9.65. The molecule has 0 aliphatic carbocycles. The third kappa shape index (κ3) is 2.53. The van der Waals surface area contributed by atoms with Crippen LogP contribution in [0.25, 0.3) is 0 Å². The van der Waals surface area contributed by atoms with E-state index in [1.54, 1.807) is 6.07 Å². The molecule has 15 heavy (non-hydrogen) atoms. The van der Waals surface area contributed by atoms with Crippen LogP contribution in [0.2, 0.25) is 0 Å². The molecule has 0 unspecified atom stereocenters. The normalized spacial score (nSPS) is 10.1. The Morgan fingerprint density at radius 1 is 1.20 bits per heavy atom. The SMILES string of the molecule is O=C(CCc1ccccc1)c1ccno1. The molecule has 0 saturated heterocycles. The van der Waals surface area contributed by atoms with Gasteiger partial charge in [0.2, 0.25) is 11.5 Å². The molecular weight excluding hydrogens is 190 g/mol. The lowest BCUT2D eigenvalue weighted by Gasteiger charge is -1.98. The first-order valence-electron chi connectivity index (χ1n) is 4.84. The maximum atomic E-state index is 11.5. The van der Waals surface area contributed by atoms with Crippen molar-refractivity contribution < 1.29 is 9.32 Å². The molecule has 0 amide bonds. The van der Waals surface area contributed by atoms with Crippen LogP contribution in [-0.4, -0.2) is 10.9 Å². The summed E-state index contributed by atoms with van der Waals surface area (Å²) >= 11 is 0. The minimum atomic E-state index is -0.00338. The standard InChI is InChI=1S/C12H11NO2/c14-11(12-8-9-13-15-12)7-6-10-4-2-1-3-5-10/h1-5,8-9H,6-7H2. The number of benzene rings is 1. The summed E-state index contributed by atoms with van der Waals surface area (Å²) in [5.74, 6) is 0.335. The van der Waals surface area contributed by atoms with E-state index in [4.69, 9.17) is 4.52 Å². The minimum Gasteiger partial charge on any atom is -0.353 e. The molecule has 2 aromatic rings. The molecule has 76 valence electrons. The van der Waals surface area contributed by atoms with Gasteiger partial charge in [0.15, 0.2) is 0 Å². The van der Waals surface area contributed by atoms with Crippen LogP contribution in [0.4, 0.5) is 0 Å². The summed E-state index contributed by atoms with van der Waals surface area (Å²) in [6.07, 6.45) is 2.68. The highest BCUT2D eigenvalue weighted by Crippen LogP contribution is 2.07. The molecule has 1 aromatic heterocycles. The molecule has 0 fully saturated rings. The Morgan fingerprint density at radius 3 is 2.67 bits per heavy atom. The molecule has 3 heteroatoms. The molecule has 3 nitrogen and oxygen atoms in total. The number of carbonyl (C=O) groups is 1. The van der Waals surface area contributed by atoms with Gasteiger partial charge < -0.3 is 4.52 Å². The van der Waals surface area contributed by atoms with Gasteiger partial charge in [-0.25, -0.2) is 0 Å². The number of ketones is 1. The van der Waals surface area contributed by atoms with E-state index in [9.17, 15) is 4.79 Å². The van der Waals surface area contributed by atoms with Crippen LogP contribution < -0.4 is 0 Å². The van der Waals surface area contributed by atoms with Gasteiger partial charge in [-0.3, -0.25) is 4.79 Å². The lowest BCUT2D eigenvalue weighted by Crippen LogP contribution is -1.99. The average Bonchev–Trinajstić information content (AvgIpc) is 2.81. The first-order chi connectivity index (χ1) is 7.36. The zero-order valence-electron chi connectivity index (χ0n) is 8.22. The Kier molecular flexibility index (Phi) is 2.93. The molecule has 1 heterocycles. The van der Waals surface area contributed by atoms with E-state index in [0.717, 1.165) is 12.0 Å². The maximum absolute atomic E-state index is 11.5. The van der Waals surface area contributed by atoms with Crippen LogP contribution in [0.1, 0.15) is 22.5 Å². The van der Waals surface area contributed by atoms with Crippen LogP contribution in [0.15, 0.2) is 47.1 Å². The number of nitrogens with zero attached hydrogens (tertiary/aromatic N) is 1. The highest BCUT2D eigenvalue weighted by Gasteiger charge is 2.09. The second-order valence-electron chi connectivity index (χ2n) is 3.29. The van der Waals surface area contributed by atoms with Gasteiger partial charge in [-0.2, -0.15) is 0 Å². The summed E-state index contributed by atoms with van der Waals surface area (Å²) in [5, 5.41) is 3.50. The van der Waals surface area contributed by atoms with Gasteiger partial charge in [0.1, 0.15) is 0 Å². The van der Waals surface area contributed by atoms with Gasteiger partial charge in [0.25, 0.3) is 0 Å². The number of aromatic nitrogens is 1. The van der Waals surface area contributed by atoms with Crippen LogP contribution >= 0.6 is 0 Å². The lowest BCUT2D eigenvalue weighted by atomic mass is 10.1. The fraction of sp³-hybridized carbons (Fsp3) is 0.167. The molecule has 0 radical (unpaired) electrons. The van der Waals surface area contributed by atoms with E-state index in [0.29, 0.717) is 12.2 Å². The number of hydrogen-bond donors (Lipinski definition) is 0. The Labute approximate surface area is 87.7 Å². The van der Waals surface area contributed by atoms with E-state index in [1.165, 1.54) is 6.20 Å². The monoisotopic (exact) mass is 201 g/mol. The van der Waals surface area contributed by atoms with E-state index in [1.807, 2.05) is 30.3 Å². The smallest absolute Gasteiger partial charge is 0.202 e. The zero-order chi connectivity index (χ0) is 10.5. The predicted octanol–water partition coefficient (Wildman–Crippen LogP) is 2.49. The van der Waals surface area contributed by atoms with Gasteiger partial charge in [-0.05, 0) is 12.0 Å². The number of rotatable bonds is 4. The van der Waals surface area contributed by atoms with Crippen LogP contribution in [0.5, 0.6) is 0 Å². The first-order valence-corrected chi connectivity index (χ1v) is 4.84. The fourth-order valence-electron chi connectivity index (χ4n) is 1.39. The summed E-state index contributed by atoms with van der Waals surface area (Å²) in [6.45, 7) is 0. The summed E-state index contributed by atoms with van der Waals surface area (Å²) in [4.78, 5) is 11.5. The van der Waals surface area contributed by atoms with Crippen molar-refractivity contribution in [2.45, 2.75) is 12.8 Å². The van der Waals surface area contributed by atoms with Crippen molar-refractivity contribution in [1.82, 2.24) is 5.16 Å². The van der Waals surface area contributed by atoms with E-state index < -0.39 is 0 Å². The van der Waals surface area contributed by atoms with Gasteiger partial charge >= 0.3 is 0 Å². The van der Waals surface area contributed by atoms with Crippen molar-refractivity contribution in [3.8, 4) is 0 Å². The third-order valence-electron chi connectivity index (χ3n) is 2.20. The number of hydrogen-bond acceptors (Lipinski definition) is 3. The average molecular weight is 201 g/mol. The van der Waals surface area contributed by atoms with Gasteiger partial charge in [-0.1, -0.05) is 35.5 Å². The highest BCUT2D eigenvalue weighted by atomic mass is 16.5. The second-order valence-corrected chi connectivity index (χ2v) is 3.29. The summed E-state index contributed by atoms with van der Waals surface area (Å²) in [5.41, 5.74) is 1.16. The Morgan fingerprint density at radius 2 is 2.00 bits per heavy atom. The number of Topliss-reactive ketones (excluding diaryl/α,β-unsaturated/α-hetero) is 1. The third-order valence-corrected chi connectivity index (χ3v) is 2.20. The minimum absolute atomic E-state index is 0.00338. The second kappa shape index (κ2) is 4.55. The number of aryl methyl sites for hydroxylation is 1. The van der Waals surface area contributed by atoms with Crippen LogP contribution in [0, 0.1) is 0 Å². The predicted molar refractivity (Wildman–Crippen MR) is 55.6 cm³/mol. The Bertz CT molecular complexity index is 420. The van der Waals surface area contributed by atoms with Gasteiger partial charge in [-0.15, -0.1) is 0 Å². The van der Waals surface area contributed by atoms with Crippen molar-refractivity contribution in [3.05, 3.63) is 53.9 Å². The molecule has 2 rings (SSSR count). The molecule has 0 aliphatic heterocycles. The summed E-state index contributed by atoms with van der Waals surface area (Å²) in [6, 6.07) is 11.5.